The van der Waals surface area contributed by atoms with Gasteiger partial charge in [0, 0.05) is 0 Å². The quantitative estimate of drug-likeness (QED) is 0.0213. The number of amides is 6. The van der Waals surface area contributed by atoms with Crippen LogP contribution in [0.3, 0.4) is 0 Å². The van der Waals surface area contributed by atoms with E-state index in [4.69, 9.17) is 18.1 Å². The molecule has 0 heterocycles. The molecule has 0 aliphatic heterocycles. The number of nitrogens with one attached hydrogen (secondary N) is 6. The predicted molar refractivity (Wildman–Crippen MR) is 318 cm³/mol. The van der Waals surface area contributed by atoms with Gasteiger partial charge in [-0.3, -0.25) is 0 Å². The topological polar surface area (TPSA) is 230 Å². The number of carbonyl (C=O) groups is 6. The Hall–Kier alpha value is -8.95. The summed E-state index contributed by atoms with van der Waals surface area (Å²) in [5.74, 6) is 0.0629. The summed E-state index contributed by atoms with van der Waals surface area (Å²) >= 11 is -11.8. The molecule has 0 aliphatic rings. The maximum absolute atomic E-state index is 12.2. The zero-order chi connectivity index (χ0) is 57.7. The first-order valence-corrected chi connectivity index (χ1v) is 34.1. The molecule has 0 aliphatic carbocycles. The Bertz CT molecular complexity index is 2880. The molecule has 6 N–H and O–H groups in total. The summed E-state index contributed by atoms with van der Waals surface area (Å²) in [6, 6.07) is 46.2. The van der Waals surface area contributed by atoms with Gasteiger partial charge in [-0.2, -0.15) is 0 Å². The van der Waals surface area contributed by atoms with Crippen LogP contribution in [0.25, 0.3) is 0 Å². The molecule has 0 fully saturated rings. The van der Waals surface area contributed by atoms with Crippen molar-refractivity contribution >= 4 is 143 Å². The first-order chi connectivity index (χ1) is 39.2. The van der Waals surface area contributed by atoms with Crippen LogP contribution < -0.4 is 60.5 Å². The summed E-state index contributed by atoms with van der Waals surface area (Å²) < 4.78 is 43.3. The van der Waals surface area contributed by atoms with Gasteiger partial charge in [0.15, 0.2) is 0 Å². The summed E-state index contributed by atoms with van der Waals surface area (Å²) in [5.41, 5.74) is 2.96. The Labute approximate surface area is 492 Å². The molecule has 0 radical (unpaired) electrons. The number of hydrogen-bond donors (Lipinski definition) is 6. The van der Waals surface area contributed by atoms with Crippen molar-refractivity contribution in [2.75, 3.05) is 31.9 Å². The van der Waals surface area contributed by atoms with Gasteiger partial charge in [0.25, 0.3) is 0 Å². The second kappa shape index (κ2) is 29.9. The molecule has 0 spiro atoms. The van der Waals surface area contributed by atoms with Crippen molar-refractivity contribution in [2.45, 2.75) is 0 Å². The fourth-order valence-electron chi connectivity index (χ4n) is 6.60. The third kappa shape index (κ3) is 18.6. The average Bonchev–Trinajstić information content (AvgIpc) is 3.50. The fraction of sp³-hybridized carbons (Fsp3) is 0. The Kier molecular flexibility index (Phi) is 22.0. The van der Waals surface area contributed by atoms with Crippen LogP contribution in [-0.4, -0.2) is 98.6 Å². The van der Waals surface area contributed by atoms with Crippen LogP contribution in [0.15, 0.2) is 240 Å². The predicted octanol–water partition coefficient (Wildman–Crippen LogP) is 7.99. The van der Waals surface area contributed by atoms with Crippen LogP contribution in [0.5, 0.6) is 34.5 Å². The molecule has 0 bridgehead atoms. The standard InChI is InChI=1S/6C9H9NO2.C6H3.3Sb/c6*1-2-9(12)10-7-3-5-8(11)6-4-7;1-2-4-6-5-3-1;;;/h6*2-6,11H,1H2,(H,10,12);1,4-5H;;;/q;;;;;;;3*+2/p-6. The van der Waals surface area contributed by atoms with Crippen molar-refractivity contribution in [1.29, 1.82) is 0 Å². The summed E-state index contributed by atoms with van der Waals surface area (Å²) in [6.07, 6.45) is 6.96. The van der Waals surface area contributed by atoms with E-state index in [2.05, 4.69) is 71.4 Å². The first-order valence-electron chi connectivity index (χ1n) is 24.1. The van der Waals surface area contributed by atoms with Gasteiger partial charge in [0.2, 0.25) is 0 Å². The maximum atomic E-state index is 12.2. The second-order valence-electron chi connectivity index (χ2n) is 16.3. The van der Waals surface area contributed by atoms with Gasteiger partial charge in [0.05, 0.1) is 0 Å². The van der Waals surface area contributed by atoms with Crippen molar-refractivity contribution in [3.05, 3.63) is 240 Å². The summed E-state index contributed by atoms with van der Waals surface area (Å²) in [4.78, 5) is 73.3. The molecule has 7 rings (SSSR count). The van der Waals surface area contributed by atoms with Crippen LogP contribution in [0, 0.1) is 0 Å². The fourth-order valence-corrected chi connectivity index (χ4v) is 21.0. The number of rotatable bonds is 27. The molecule has 0 saturated carbocycles. The molecule has 0 aromatic heterocycles. The van der Waals surface area contributed by atoms with Crippen molar-refractivity contribution in [2.24, 2.45) is 0 Å². The van der Waals surface area contributed by atoms with E-state index in [0.29, 0.717) is 79.2 Å². The zero-order valence-corrected chi connectivity index (χ0v) is 50.7. The van der Waals surface area contributed by atoms with Crippen molar-refractivity contribution in [3.8, 4) is 34.5 Å². The van der Waals surface area contributed by atoms with Crippen LogP contribution in [-0.2, 0) is 28.8 Å². The summed E-state index contributed by atoms with van der Waals surface area (Å²) in [6.45, 7) is 21.2. The molecule has 21 heteroatoms. The van der Waals surface area contributed by atoms with Crippen LogP contribution in [0.1, 0.15) is 0 Å². The van der Waals surface area contributed by atoms with Crippen molar-refractivity contribution in [1.82, 2.24) is 0 Å². The van der Waals surface area contributed by atoms with E-state index < -0.39 is 98.6 Å². The SMILES string of the molecule is C=CC(=O)Nc1ccc([O][Sb]([O]c2ccc(NC(=O)C=C)cc2)[c]2c[c]([Sb]([O]c3ccc(NC(=O)C=C)cc3)[O]c3ccc(NC(=O)C=C)cc3)c[c]([Sb]([O]c3ccc(NC(=O)C=C)cc3)[O]c3ccc(NC(=O)C=C)cc3)c2)cc1. The molecular formula is C60H51N6O12Sb3. The molecule has 7 aromatic rings. The normalized spacial score (nSPS) is 10.4. The number of carbonyl (C=O) groups excluding carboxylic acids is 6. The van der Waals surface area contributed by atoms with Crippen LogP contribution in [0.2, 0.25) is 0 Å². The van der Waals surface area contributed by atoms with E-state index in [1.807, 2.05) is 18.2 Å². The van der Waals surface area contributed by atoms with E-state index >= 15 is 0 Å². The molecule has 408 valence electrons. The number of anilines is 6. The minimum atomic E-state index is -3.93. The molecular weight excluding hydrogens is 1360 g/mol. The molecule has 7 aromatic carbocycles. The third-order valence-corrected chi connectivity index (χ3v) is 22.8. The van der Waals surface area contributed by atoms with E-state index in [0.717, 1.165) is 36.5 Å². The summed E-state index contributed by atoms with van der Waals surface area (Å²) in [7, 11) is 0. The molecule has 81 heavy (non-hydrogen) atoms. The van der Waals surface area contributed by atoms with Crippen molar-refractivity contribution < 1.29 is 46.9 Å². The Balaban J connectivity index is 1.42. The molecule has 0 unspecified atom stereocenters. The second-order valence-corrected chi connectivity index (χ2v) is 28.3. The van der Waals surface area contributed by atoms with E-state index in [1.54, 1.807) is 146 Å². The van der Waals surface area contributed by atoms with Crippen LogP contribution in [0.4, 0.5) is 34.1 Å². The Morgan fingerprint density at radius 2 is 0.395 bits per heavy atom. The van der Waals surface area contributed by atoms with E-state index in [1.165, 1.54) is 0 Å². The van der Waals surface area contributed by atoms with E-state index in [-0.39, 0.29) is 0 Å². The zero-order valence-electron chi connectivity index (χ0n) is 43.0. The van der Waals surface area contributed by atoms with Crippen LogP contribution >= 0.6 is 0 Å². The van der Waals surface area contributed by atoms with Gasteiger partial charge in [-0.25, -0.2) is 0 Å². The molecule has 0 saturated heterocycles. The molecule has 6 amide bonds. The van der Waals surface area contributed by atoms with Gasteiger partial charge in [0.1, 0.15) is 0 Å². The first kappa shape index (κ1) is 59.7. The Morgan fingerprint density at radius 3 is 0.519 bits per heavy atom. The van der Waals surface area contributed by atoms with Gasteiger partial charge in [-0.15, -0.1) is 0 Å². The molecule has 18 nitrogen and oxygen atoms in total. The van der Waals surface area contributed by atoms with E-state index in [9.17, 15) is 28.8 Å². The number of benzene rings is 7. The van der Waals surface area contributed by atoms with Gasteiger partial charge in [-0.1, -0.05) is 0 Å². The molecule has 0 atom stereocenters. The minimum absolute atomic E-state index is 0.398. The summed E-state index contributed by atoms with van der Waals surface area (Å²) in [5, 5.41) is 16.5. The third-order valence-electron chi connectivity index (χ3n) is 10.5. The van der Waals surface area contributed by atoms with Gasteiger partial charge >= 0.3 is 496 Å². The average molecular weight is 1410 g/mol. The van der Waals surface area contributed by atoms with Gasteiger partial charge < -0.3 is 0 Å². The van der Waals surface area contributed by atoms with Crippen molar-refractivity contribution in [3.63, 3.8) is 0 Å². The Morgan fingerprint density at radius 1 is 0.259 bits per heavy atom. The number of hydrogen-bond acceptors (Lipinski definition) is 12. The van der Waals surface area contributed by atoms with Gasteiger partial charge in [-0.05, 0) is 0 Å². The monoisotopic (exact) mass is 1410 g/mol.